The molecule has 0 aliphatic carbocycles. The second-order valence-corrected chi connectivity index (χ2v) is 4.29. The molecule has 3 nitrogen and oxygen atoms in total. The monoisotopic (exact) mass is 253 g/mol. The summed E-state index contributed by atoms with van der Waals surface area (Å²) in [6, 6.07) is -1.39. The van der Waals surface area contributed by atoms with Gasteiger partial charge >= 0.3 is 12.1 Å². The second-order valence-electron chi connectivity index (χ2n) is 4.29. The highest BCUT2D eigenvalue weighted by molar-refractivity contribution is 5.69. The molecule has 1 rings (SSSR count). The summed E-state index contributed by atoms with van der Waals surface area (Å²) in [5.74, 6) is -0.136. The Hall–Kier alpha value is -0.780. The first-order valence-corrected chi connectivity index (χ1v) is 5.89. The fourth-order valence-corrected chi connectivity index (χ4v) is 2.00. The average Bonchev–Trinajstić information content (AvgIpc) is 2.26. The van der Waals surface area contributed by atoms with Gasteiger partial charge in [0.2, 0.25) is 0 Å². The fourth-order valence-electron chi connectivity index (χ4n) is 2.00. The van der Waals surface area contributed by atoms with Crippen molar-refractivity contribution in [2.75, 3.05) is 13.2 Å². The van der Waals surface area contributed by atoms with E-state index in [1.54, 1.807) is 6.92 Å². The molecule has 0 aromatic heterocycles. The Morgan fingerprint density at radius 1 is 1.41 bits per heavy atom. The molecule has 2 atom stereocenters. The highest BCUT2D eigenvalue weighted by Gasteiger charge is 2.41. The largest absolute Gasteiger partial charge is 0.466 e. The lowest BCUT2D eigenvalue weighted by molar-refractivity contribution is -0.162. The third-order valence-electron chi connectivity index (χ3n) is 2.97. The molecule has 1 fully saturated rings. The molecule has 17 heavy (non-hydrogen) atoms. The lowest BCUT2D eigenvalue weighted by atomic mass is 9.91. The van der Waals surface area contributed by atoms with Gasteiger partial charge in [-0.2, -0.15) is 13.2 Å². The van der Waals surface area contributed by atoms with E-state index in [2.05, 4.69) is 5.32 Å². The molecule has 0 radical (unpaired) electrons. The van der Waals surface area contributed by atoms with E-state index < -0.39 is 12.2 Å². The van der Waals surface area contributed by atoms with Gasteiger partial charge in [-0.3, -0.25) is 4.79 Å². The Kier molecular flexibility index (Phi) is 5.24. The van der Waals surface area contributed by atoms with Crippen LogP contribution in [0.25, 0.3) is 0 Å². The molecule has 0 bridgehead atoms. The van der Waals surface area contributed by atoms with E-state index in [1.165, 1.54) is 0 Å². The standard InChI is InChI=1S/C11H18F3NO2/c1-2-17-10(16)6-4-8-3-5-9(15-7-8)11(12,13)14/h8-9,15H,2-7H2,1H3. The maximum atomic E-state index is 12.3. The van der Waals surface area contributed by atoms with Gasteiger partial charge in [0.15, 0.2) is 0 Å². The van der Waals surface area contributed by atoms with E-state index in [-0.39, 0.29) is 24.7 Å². The summed E-state index contributed by atoms with van der Waals surface area (Å²) in [5.41, 5.74) is 0. The zero-order valence-corrected chi connectivity index (χ0v) is 9.85. The van der Waals surface area contributed by atoms with Gasteiger partial charge in [-0.15, -0.1) is 0 Å². The van der Waals surface area contributed by atoms with E-state index in [0.29, 0.717) is 26.0 Å². The zero-order valence-electron chi connectivity index (χ0n) is 9.85. The van der Waals surface area contributed by atoms with Crippen LogP contribution >= 0.6 is 0 Å². The molecule has 6 heteroatoms. The van der Waals surface area contributed by atoms with Crippen molar-refractivity contribution in [3.63, 3.8) is 0 Å². The normalized spacial score (nSPS) is 25.6. The van der Waals surface area contributed by atoms with E-state index >= 15 is 0 Å². The SMILES string of the molecule is CCOC(=O)CCC1CCC(C(F)(F)F)NC1. The van der Waals surface area contributed by atoms with Gasteiger partial charge < -0.3 is 10.1 Å². The number of nitrogens with one attached hydrogen (secondary N) is 1. The minimum absolute atomic E-state index is 0.0942. The van der Waals surface area contributed by atoms with Crippen LogP contribution in [-0.2, 0) is 9.53 Å². The molecule has 1 heterocycles. The first-order valence-electron chi connectivity index (χ1n) is 5.89. The Bertz CT molecular complexity index is 248. The molecule has 0 aromatic carbocycles. The first-order chi connectivity index (χ1) is 7.93. The molecule has 1 saturated heterocycles. The molecule has 1 aliphatic rings. The minimum Gasteiger partial charge on any atom is -0.466 e. The number of hydrogen-bond acceptors (Lipinski definition) is 3. The average molecular weight is 253 g/mol. The van der Waals surface area contributed by atoms with Crippen molar-refractivity contribution in [2.45, 2.75) is 44.8 Å². The van der Waals surface area contributed by atoms with Crippen LogP contribution in [-0.4, -0.2) is 31.3 Å². The third kappa shape index (κ3) is 4.93. The summed E-state index contributed by atoms with van der Waals surface area (Å²) in [4.78, 5) is 11.1. The first kappa shape index (κ1) is 14.3. The number of hydrogen-bond donors (Lipinski definition) is 1. The molecule has 1 N–H and O–H groups in total. The molecular formula is C11H18F3NO2. The van der Waals surface area contributed by atoms with Gasteiger partial charge in [-0.1, -0.05) is 0 Å². The minimum atomic E-state index is -4.16. The molecular weight excluding hydrogens is 235 g/mol. The smallest absolute Gasteiger partial charge is 0.403 e. The lowest BCUT2D eigenvalue weighted by Crippen LogP contribution is -2.47. The van der Waals surface area contributed by atoms with Crippen LogP contribution in [0.3, 0.4) is 0 Å². The van der Waals surface area contributed by atoms with Crippen LogP contribution in [0.1, 0.15) is 32.6 Å². The zero-order chi connectivity index (χ0) is 12.9. The number of carbonyl (C=O) groups excluding carboxylic acids is 1. The molecule has 2 unspecified atom stereocenters. The number of ether oxygens (including phenoxy) is 1. The number of piperidine rings is 1. The van der Waals surface area contributed by atoms with Crippen molar-refractivity contribution >= 4 is 5.97 Å². The van der Waals surface area contributed by atoms with Crippen molar-refractivity contribution in [1.29, 1.82) is 0 Å². The highest BCUT2D eigenvalue weighted by Crippen LogP contribution is 2.29. The molecule has 1 aliphatic heterocycles. The van der Waals surface area contributed by atoms with Gasteiger partial charge in [-0.25, -0.2) is 0 Å². The predicted octanol–water partition coefficient (Wildman–Crippen LogP) is 2.26. The van der Waals surface area contributed by atoms with Crippen LogP contribution in [0.4, 0.5) is 13.2 Å². The number of esters is 1. The highest BCUT2D eigenvalue weighted by atomic mass is 19.4. The summed E-state index contributed by atoms with van der Waals surface area (Å²) in [6.07, 6.45) is -2.67. The van der Waals surface area contributed by atoms with Crippen molar-refractivity contribution in [2.24, 2.45) is 5.92 Å². The summed E-state index contributed by atoms with van der Waals surface area (Å²) in [6.45, 7) is 2.40. The van der Waals surface area contributed by atoms with E-state index in [0.717, 1.165) is 0 Å². The van der Waals surface area contributed by atoms with Gasteiger partial charge in [0.25, 0.3) is 0 Å². The Labute approximate surface area is 98.7 Å². The van der Waals surface area contributed by atoms with E-state index in [9.17, 15) is 18.0 Å². The fraction of sp³-hybridized carbons (Fsp3) is 0.909. The lowest BCUT2D eigenvalue weighted by Gasteiger charge is -2.30. The van der Waals surface area contributed by atoms with Gasteiger partial charge in [0.1, 0.15) is 6.04 Å². The Morgan fingerprint density at radius 3 is 2.59 bits per heavy atom. The number of rotatable bonds is 4. The van der Waals surface area contributed by atoms with Crippen molar-refractivity contribution in [3.8, 4) is 0 Å². The molecule has 100 valence electrons. The van der Waals surface area contributed by atoms with Crippen molar-refractivity contribution < 1.29 is 22.7 Å². The maximum Gasteiger partial charge on any atom is 0.403 e. The van der Waals surface area contributed by atoms with Crippen molar-refractivity contribution in [1.82, 2.24) is 5.32 Å². The molecule has 0 spiro atoms. The summed E-state index contributed by atoms with van der Waals surface area (Å²) < 4.78 is 41.8. The Morgan fingerprint density at radius 2 is 2.12 bits per heavy atom. The van der Waals surface area contributed by atoms with Gasteiger partial charge in [0.05, 0.1) is 6.61 Å². The number of alkyl halides is 3. The molecule has 0 aromatic rings. The topological polar surface area (TPSA) is 38.3 Å². The van der Waals surface area contributed by atoms with Crippen LogP contribution < -0.4 is 5.32 Å². The van der Waals surface area contributed by atoms with Crippen LogP contribution in [0.15, 0.2) is 0 Å². The molecule has 0 amide bonds. The second kappa shape index (κ2) is 6.23. The van der Waals surface area contributed by atoms with Gasteiger partial charge in [0, 0.05) is 6.42 Å². The van der Waals surface area contributed by atoms with Crippen LogP contribution in [0.5, 0.6) is 0 Å². The quantitative estimate of drug-likeness (QED) is 0.781. The summed E-state index contributed by atoms with van der Waals surface area (Å²) in [5, 5.41) is 2.49. The van der Waals surface area contributed by atoms with E-state index in [4.69, 9.17) is 4.74 Å². The maximum absolute atomic E-state index is 12.3. The predicted molar refractivity (Wildman–Crippen MR) is 56.4 cm³/mol. The summed E-state index contributed by atoms with van der Waals surface area (Å²) in [7, 11) is 0. The van der Waals surface area contributed by atoms with Crippen LogP contribution in [0.2, 0.25) is 0 Å². The number of carbonyl (C=O) groups is 1. The van der Waals surface area contributed by atoms with Crippen LogP contribution in [0, 0.1) is 5.92 Å². The van der Waals surface area contributed by atoms with Gasteiger partial charge in [-0.05, 0) is 38.6 Å². The molecule has 0 saturated carbocycles. The van der Waals surface area contributed by atoms with Crippen molar-refractivity contribution in [3.05, 3.63) is 0 Å². The Balaban J connectivity index is 2.21. The third-order valence-corrected chi connectivity index (χ3v) is 2.97. The van der Waals surface area contributed by atoms with E-state index in [1.807, 2.05) is 0 Å². The number of halogens is 3. The summed E-state index contributed by atoms with van der Waals surface area (Å²) >= 11 is 0.